The highest BCUT2D eigenvalue weighted by Gasteiger charge is 2.22. The molecule has 0 saturated carbocycles. The number of rotatable bonds is 6. The van der Waals surface area contributed by atoms with E-state index in [9.17, 15) is 4.79 Å². The van der Waals surface area contributed by atoms with Crippen LogP contribution in [0.1, 0.15) is 17.2 Å². The molecular formula is C17H18O4. The van der Waals surface area contributed by atoms with Gasteiger partial charge in [0.25, 0.3) is 0 Å². The molecule has 2 aromatic carbocycles. The molecule has 110 valence electrons. The Morgan fingerprint density at radius 1 is 1.05 bits per heavy atom. The Bertz CT molecular complexity index is 580. The van der Waals surface area contributed by atoms with E-state index in [-0.39, 0.29) is 6.61 Å². The van der Waals surface area contributed by atoms with E-state index < -0.39 is 12.1 Å². The van der Waals surface area contributed by atoms with Crippen LogP contribution in [-0.2, 0) is 20.9 Å². The van der Waals surface area contributed by atoms with Crippen molar-refractivity contribution in [1.29, 1.82) is 0 Å². The summed E-state index contributed by atoms with van der Waals surface area (Å²) in [6.45, 7) is 0.226. The second-order valence-corrected chi connectivity index (χ2v) is 4.49. The third-order valence-corrected chi connectivity index (χ3v) is 3.07. The molecule has 0 radical (unpaired) electrons. The van der Waals surface area contributed by atoms with E-state index in [0.29, 0.717) is 11.3 Å². The molecule has 0 aliphatic carbocycles. The van der Waals surface area contributed by atoms with Crippen molar-refractivity contribution in [3.8, 4) is 5.75 Å². The van der Waals surface area contributed by atoms with E-state index >= 15 is 0 Å². The summed E-state index contributed by atoms with van der Waals surface area (Å²) in [7, 11) is 3.06. The maximum atomic E-state index is 12.2. The van der Waals surface area contributed by atoms with E-state index in [0.717, 1.165) is 5.56 Å². The van der Waals surface area contributed by atoms with Gasteiger partial charge in [-0.3, -0.25) is 0 Å². The van der Waals surface area contributed by atoms with Crippen molar-refractivity contribution < 1.29 is 19.0 Å². The highest BCUT2D eigenvalue weighted by atomic mass is 16.6. The molecule has 2 rings (SSSR count). The fourth-order valence-electron chi connectivity index (χ4n) is 1.98. The highest BCUT2D eigenvalue weighted by Crippen LogP contribution is 2.23. The van der Waals surface area contributed by atoms with Gasteiger partial charge in [-0.2, -0.15) is 0 Å². The van der Waals surface area contributed by atoms with Gasteiger partial charge in [-0.15, -0.1) is 0 Å². The summed E-state index contributed by atoms with van der Waals surface area (Å²) in [6.07, 6.45) is -0.760. The third-order valence-electron chi connectivity index (χ3n) is 3.07. The Morgan fingerprint density at radius 2 is 1.81 bits per heavy atom. The van der Waals surface area contributed by atoms with Gasteiger partial charge in [-0.1, -0.05) is 42.5 Å². The van der Waals surface area contributed by atoms with Crippen LogP contribution in [0.15, 0.2) is 54.6 Å². The summed E-state index contributed by atoms with van der Waals surface area (Å²) >= 11 is 0. The van der Waals surface area contributed by atoms with Crippen LogP contribution in [0.4, 0.5) is 0 Å². The molecule has 0 spiro atoms. The van der Waals surface area contributed by atoms with Crippen molar-refractivity contribution >= 4 is 5.97 Å². The zero-order chi connectivity index (χ0) is 15.1. The number of ether oxygens (including phenoxy) is 3. The Hall–Kier alpha value is -2.33. The first-order valence-corrected chi connectivity index (χ1v) is 6.62. The second-order valence-electron chi connectivity index (χ2n) is 4.49. The van der Waals surface area contributed by atoms with Gasteiger partial charge in [0.15, 0.2) is 6.10 Å². The smallest absolute Gasteiger partial charge is 0.340 e. The maximum Gasteiger partial charge on any atom is 0.340 e. The van der Waals surface area contributed by atoms with Crippen molar-refractivity contribution in [1.82, 2.24) is 0 Å². The minimum Gasteiger partial charge on any atom is -0.497 e. The van der Waals surface area contributed by atoms with Crippen LogP contribution < -0.4 is 4.74 Å². The second kappa shape index (κ2) is 7.45. The van der Waals surface area contributed by atoms with Crippen molar-refractivity contribution in [3.05, 3.63) is 65.7 Å². The van der Waals surface area contributed by atoms with Gasteiger partial charge in [0.2, 0.25) is 0 Å². The molecule has 0 N–H and O–H groups in total. The van der Waals surface area contributed by atoms with Crippen LogP contribution in [0.5, 0.6) is 5.75 Å². The van der Waals surface area contributed by atoms with E-state index in [4.69, 9.17) is 14.2 Å². The fraction of sp³-hybridized carbons (Fsp3) is 0.235. The lowest BCUT2D eigenvalue weighted by Gasteiger charge is -2.15. The number of hydrogen-bond donors (Lipinski definition) is 0. The first-order chi connectivity index (χ1) is 10.2. The molecule has 0 unspecified atom stereocenters. The van der Waals surface area contributed by atoms with Gasteiger partial charge in [-0.25, -0.2) is 4.79 Å². The van der Waals surface area contributed by atoms with Crippen LogP contribution >= 0.6 is 0 Å². The van der Waals surface area contributed by atoms with E-state index in [1.165, 1.54) is 7.11 Å². The van der Waals surface area contributed by atoms with Crippen molar-refractivity contribution in [2.24, 2.45) is 0 Å². The van der Waals surface area contributed by atoms with Crippen molar-refractivity contribution in [2.75, 3.05) is 14.2 Å². The van der Waals surface area contributed by atoms with Gasteiger partial charge in [0, 0.05) is 7.11 Å². The topological polar surface area (TPSA) is 44.8 Å². The molecular weight excluding hydrogens is 268 g/mol. The van der Waals surface area contributed by atoms with E-state index in [1.54, 1.807) is 19.2 Å². The van der Waals surface area contributed by atoms with Crippen LogP contribution in [0.3, 0.4) is 0 Å². The molecule has 0 bridgehead atoms. The standard InChI is InChI=1S/C17H18O4/c1-19-15-10-6-9-14(11-15)16(20-2)17(18)21-12-13-7-4-3-5-8-13/h3-11,16H,12H2,1-2H3/t16-/m0/s1. The fourth-order valence-corrected chi connectivity index (χ4v) is 1.98. The number of benzene rings is 2. The molecule has 4 nitrogen and oxygen atoms in total. The Morgan fingerprint density at radius 3 is 2.48 bits per heavy atom. The third kappa shape index (κ3) is 4.07. The molecule has 0 aliphatic heterocycles. The molecule has 21 heavy (non-hydrogen) atoms. The van der Waals surface area contributed by atoms with E-state index in [2.05, 4.69) is 0 Å². The Balaban J connectivity index is 2.04. The summed E-state index contributed by atoms with van der Waals surface area (Å²) < 4.78 is 15.7. The number of methoxy groups -OCH3 is 2. The summed E-state index contributed by atoms with van der Waals surface area (Å²) in [4.78, 5) is 12.2. The zero-order valence-corrected chi connectivity index (χ0v) is 12.1. The monoisotopic (exact) mass is 286 g/mol. The van der Waals surface area contributed by atoms with Gasteiger partial charge >= 0.3 is 5.97 Å². The highest BCUT2D eigenvalue weighted by molar-refractivity contribution is 5.76. The van der Waals surface area contributed by atoms with Gasteiger partial charge in [0.1, 0.15) is 12.4 Å². The maximum absolute atomic E-state index is 12.2. The number of carbonyl (C=O) groups excluding carboxylic acids is 1. The Labute approximate surface area is 124 Å². The average Bonchev–Trinajstić information content (AvgIpc) is 2.55. The lowest BCUT2D eigenvalue weighted by Crippen LogP contribution is -2.17. The van der Waals surface area contributed by atoms with Gasteiger partial charge < -0.3 is 14.2 Å². The molecule has 1 atom stereocenters. The largest absolute Gasteiger partial charge is 0.497 e. The Kier molecular flexibility index (Phi) is 5.35. The normalized spacial score (nSPS) is 11.7. The number of esters is 1. The van der Waals surface area contributed by atoms with Crippen LogP contribution in [-0.4, -0.2) is 20.2 Å². The summed E-state index contributed by atoms with van der Waals surface area (Å²) in [6, 6.07) is 16.7. The first-order valence-electron chi connectivity index (χ1n) is 6.62. The molecule has 0 aliphatic rings. The number of hydrogen-bond acceptors (Lipinski definition) is 4. The average molecular weight is 286 g/mol. The molecule has 2 aromatic rings. The quantitative estimate of drug-likeness (QED) is 0.765. The molecule has 0 saturated heterocycles. The number of carbonyl (C=O) groups is 1. The predicted octanol–water partition coefficient (Wildman–Crippen LogP) is 3.13. The predicted molar refractivity (Wildman–Crippen MR) is 79.0 cm³/mol. The SMILES string of the molecule is COc1cccc([C@H](OC)C(=O)OCc2ccccc2)c1. The molecule has 0 fully saturated rings. The van der Waals surface area contributed by atoms with Gasteiger partial charge in [0.05, 0.1) is 7.11 Å². The summed E-state index contributed by atoms with van der Waals surface area (Å²) in [5, 5.41) is 0. The van der Waals surface area contributed by atoms with E-state index in [1.807, 2.05) is 42.5 Å². The lowest BCUT2D eigenvalue weighted by atomic mass is 10.1. The van der Waals surface area contributed by atoms with Crippen molar-refractivity contribution in [3.63, 3.8) is 0 Å². The van der Waals surface area contributed by atoms with Crippen LogP contribution in [0, 0.1) is 0 Å². The summed E-state index contributed by atoms with van der Waals surface area (Å²) in [5.41, 5.74) is 1.64. The van der Waals surface area contributed by atoms with Gasteiger partial charge in [-0.05, 0) is 23.3 Å². The molecule has 0 heterocycles. The minimum absolute atomic E-state index is 0.226. The summed E-state index contributed by atoms with van der Waals surface area (Å²) in [5.74, 6) is 0.250. The van der Waals surface area contributed by atoms with Crippen LogP contribution in [0.25, 0.3) is 0 Å². The van der Waals surface area contributed by atoms with Crippen molar-refractivity contribution in [2.45, 2.75) is 12.7 Å². The lowest BCUT2D eigenvalue weighted by molar-refractivity contribution is -0.157. The first kappa shape index (κ1) is 15.1. The minimum atomic E-state index is -0.760. The molecule has 0 aromatic heterocycles. The molecule has 4 heteroatoms. The zero-order valence-electron chi connectivity index (χ0n) is 12.1. The molecule has 0 amide bonds. The van der Waals surface area contributed by atoms with Crippen LogP contribution in [0.2, 0.25) is 0 Å².